The Kier molecular flexibility index (Phi) is 5.71. The number of benzene rings is 7. The molecular formula is C41H25NOS. The van der Waals surface area contributed by atoms with Crippen LogP contribution in [0.15, 0.2) is 156 Å². The summed E-state index contributed by atoms with van der Waals surface area (Å²) in [5.41, 5.74) is 9.62. The average Bonchev–Trinajstić information content (AvgIpc) is 3.70. The zero-order valence-corrected chi connectivity index (χ0v) is 24.5. The smallest absolute Gasteiger partial charge is 0.227 e. The van der Waals surface area contributed by atoms with E-state index in [1.807, 2.05) is 17.4 Å². The van der Waals surface area contributed by atoms with Crippen LogP contribution in [0.4, 0.5) is 0 Å². The molecule has 9 aromatic rings. The molecule has 0 saturated carbocycles. The minimum absolute atomic E-state index is 0.631. The minimum Gasteiger partial charge on any atom is -0.435 e. The predicted octanol–water partition coefficient (Wildman–Crippen LogP) is 12.0. The lowest BCUT2D eigenvalue weighted by Crippen LogP contribution is -1.82. The summed E-state index contributed by atoms with van der Waals surface area (Å²) in [6.07, 6.45) is 0. The monoisotopic (exact) mass is 579 g/mol. The van der Waals surface area contributed by atoms with Gasteiger partial charge in [0.1, 0.15) is 5.52 Å². The third-order valence-electron chi connectivity index (χ3n) is 8.54. The molecule has 0 aliphatic rings. The second-order valence-electron chi connectivity index (χ2n) is 11.2. The summed E-state index contributed by atoms with van der Waals surface area (Å²) >= 11 is 1.86. The van der Waals surface area contributed by atoms with Crippen molar-refractivity contribution in [2.75, 3.05) is 0 Å². The fourth-order valence-corrected chi connectivity index (χ4v) is 7.52. The second-order valence-corrected chi connectivity index (χ2v) is 12.2. The lowest BCUT2D eigenvalue weighted by atomic mass is 9.98. The number of nitrogens with zero attached hydrogens (tertiary/aromatic N) is 1. The van der Waals surface area contributed by atoms with Gasteiger partial charge in [-0.2, -0.15) is 0 Å². The lowest BCUT2D eigenvalue weighted by molar-refractivity contribution is 0.621. The zero-order chi connectivity index (χ0) is 29.0. The van der Waals surface area contributed by atoms with Gasteiger partial charge in [-0.1, -0.05) is 121 Å². The summed E-state index contributed by atoms with van der Waals surface area (Å²) in [5.74, 6) is 0.631. The van der Waals surface area contributed by atoms with Gasteiger partial charge in [-0.25, -0.2) is 4.98 Å². The fraction of sp³-hybridized carbons (Fsp3) is 0. The van der Waals surface area contributed by atoms with Crippen LogP contribution in [0.1, 0.15) is 0 Å². The first kappa shape index (κ1) is 25.0. The van der Waals surface area contributed by atoms with Gasteiger partial charge >= 0.3 is 0 Å². The van der Waals surface area contributed by atoms with E-state index in [0.717, 1.165) is 27.8 Å². The summed E-state index contributed by atoms with van der Waals surface area (Å²) < 4.78 is 9.09. The highest BCUT2D eigenvalue weighted by molar-refractivity contribution is 7.26. The molecule has 0 atom stereocenters. The Bertz CT molecular complexity index is 2480. The highest BCUT2D eigenvalue weighted by Gasteiger charge is 2.15. The standard InChI is InChI=1S/C41H25NOS/c1-2-8-31-25-32(24-17-26(31)7-1)27-15-18-28(19-16-27)33-10-6-13-37-39(33)43-41(42-37)30-22-20-29(21-23-30)34-11-5-12-36-35-9-3-4-14-38(35)44-40(34)36/h1-25H. The Morgan fingerprint density at radius 3 is 1.95 bits per heavy atom. The molecule has 0 saturated heterocycles. The Hall–Kier alpha value is -5.51. The van der Waals surface area contributed by atoms with E-state index in [1.165, 1.54) is 53.2 Å². The Morgan fingerprint density at radius 1 is 0.455 bits per heavy atom. The van der Waals surface area contributed by atoms with Gasteiger partial charge < -0.3 is 4.42 Å². The van der Waals surface area contributed by atoms with Crippen molar-refractivity contribution < 1.29 is 4.42 Å². The number of aromatic nitrogens is 1. The molecule has 0 fully saturated rings. The highest BCUT2D eigenvalue weighted by Crippen LogP contribution is 2.40. The summed E-state index contributed by atoms with van der Waals surface area (Å²) in [5, 5.41) is 5.13. The van der Waals surface area contributed by atoms with E-state index in [-0.39, 0.29) is 0 Å². The normalized spacial score (nSPS) is 11.6. The van der Waals surface area contributed by atoms with Gasteiger partial charge in [-0.05, 0) is 68.9 Å². The minimum atomic E-state index is 0.631. The van der Waals surface area contributed by atoms with Crippen molar-refractivity contribution >= 4 is 53.4 Å². The Balaban J connectivity index is 1.04. The SMILES string of the molecule is c1ccc2cc(-c3ccc(-c4cccc5nc(-c6ccc(-c7cccc8c7sc7ccccc78)cc6)oc45)cc3)ccc2c1. The number of hydrogen-bond donors (Lipinski definition) is 0. The Labute approximate surface area is 258 Å². The van der Waals surface area contributed by atoms with Crippen molar-refractivity contribution in [3.8, 4) is 44.8 Å². The zero-order valence-electron chi connectivity index (χ0n) is 23.7. The quantitative estimate of drug-likeness (QED) is 0.207. The van der Waals surface area contributed by atoms with Crippen molar-refractivity contribution in [2.45, 2.75) is 0 Å². The first-order valence-electron chi connectivity index (χ1n) is 14.8. The van der Waals surface area contributed by atoms with Gasteiger partial charge in [-0.15, -0.1) is 11.3 Å². The van der Waals surface area contributed by atoms with Crippen molar-refractivity contribution in [2.24, 2.45) is 0 Å². The van der Waals surface area contributed by atoms with Crippen LogP contribution in [0.25, 0.3) is 86.9 Å². The topological polar surface area (TPSA) is 26.0 Å². The number of hydrogen-bond acceptors (Lipinski definition) is 3. The predicted molar refractivity (Wildman–Crippen MR) is 186 cm³/mol. The van der Waals surface area contributed by atoms with Crippen molar-refractivity contribution in [3.05, 3.63) is 152 Å². The van der Waals surface area contributed by atoms with Crippen LogP contribution in [0.5, 0.6) is 0 Å². The second kappa shape index (κ2) is 10.0. The molecule has 0 amide bonds. The molecule has 0 spiro atoms. The average molecular weight is 580 g/mol. The molecule has 2 heterocycles. The highest BCUT2D eigenvalue weighted by atomic mass is 32.1. The van der Waals surface area contributed by atoms with E-state index in [4.69, 9.17) is 9.40 Å². The largest absolute Gasteiger partial charge is 0.435 e. The molecule has 0 aliphatic heterocycles. The van der Waals surface area contributed by atoms with Gasteiger partial charge in [0.15, 0.2) is 5.58 Å². The van der Waals surface area contributed by atoms with Crippen LogP contribution >= 0.6 is 11.3 Å². The van der Waals surface area contributed by atoms with Crippen LogP contribution in [0.2, 0.25) is 0 Å². The number of oxazole rings is 1. The van der Waals surface area contributed by atoms with Crippen LogP contribution in [0, 0.1) is 0 Å². The first-order valence-corrected chi connectivity index (χ1v) is 15.6. The number of rotatable bonds is 4. The number of thiophene rings is 1. The lowest BCUT2D eigenvalue weighted by Gasteiger charge is -2.07. The van der Waals surface area contributed by atoms with Crippen LogP contribution in [-0.2, 0) is 0 Å². The molecular weight excluding hydrogens is 555 g/mol. The van der Waals surface area contributed by atoms with Crippen molar-refractivity contribution in [3.63, 3.8) is 0 Å². The molecule has 9 rings (SSSR count). The third-order valence-corrected chi connectivity index (χ3v) is 9.76. The summed E-state index contributed by atoms with van der Waals surface area (Å²) in [6, 6.07) is 53.8. The molecule has 2 nitrogen and oxygen atoms in total. The van der Waals surface area contributed by atoms with Crippen LogP contribution in [-0.4, -0.2) is 4.98 Å². The fourth-order valence-electron chi connectivity index (χ4n) is 6.28. The molecule has 206 valence electrons. The van der Waals surface area contributed by atoms with E-state index >= 15 is 0 Å². The van der Waals surface area contributed by atoms with Gasteiger partial charge in [0, 0.05) is 31.3 Å². The Morgan fingerprint density at radius 2 is 1.09 bits per heavy atom. The van der Waals surface area contributed by atoms with Crippen LogP contribution in [0.3, 0.4) is 0 Å². The number of fused-ring (bicyclic) bond motifs is 5. The molecule has 0 N–H and O–H groups in total. The maximum atomic E-state index is 6.45. The molecule has 0 aliphatic carbocycles. The summed E-state index contributed by atoms with van der Waals surface area (Å²) in [7, 11) is 0. The molecule has 44 heavy (non-hydrogen) atoms. The maximum absolute atomic E-state index is 6.45. The van der Waals surface area contributed by atoms with E-state index in [9.17, 15) is 0 Å². The van der Waals surface area contributed by atoms with E-state index < -0.39 is 0 Å². The molecule has 7 aromatic carbocycles. The summed E-state index contributed by atoms with van der Waals surface area (Å²) in [6.45, 7) is 0. The van der Waals surface area contributed by atoms with E-state index in [1.54, 1.807) is 0 Å². The summed E-state index contributed by atoms with van der Waals surface area (Å²) in [4.78, 5) is 4.88. The first-order chi connectivity index (χ1) is 21.8. The molecule has 3 heteroatoms. The molecule has 0 unspecified atom stereocenters. The van der Waals surface area contributed by atoms with Gasteiger partial charge in [0.2, 0.25) is 5.89 Å². The van der Waals surface area contributed by atoms with Gasteiger partial charge in [-0.3, -0.25) is 0 Å². The van der Waals surface area contributed by atoms with Gasteiger partial charge in [0.05, 0.1) is 0 Å². The van der Waals surface area contributed by atoms with E-state index in [0.29, 0.717) is 5.89 Å². The van der Waals surface area contributed by atoms with Gasteiger partial charge in [0.25, 0.3) is 0 Å². The molecule has 0 bridgehead atoms. The van der Waals surface area contributed by atoms with Crippen molar-refractivity contribution in [1.82, 2.24) is 4.98 Å². The van der Waals surface area contributed by atoms with Crippen LogP contribution < -0.4 is 0 Å². The van der Waals surface area contributed by atoms with E-state index in [2.05, 4.69) is 146 Å². The molecule has 0 radical (unpaired) electrons. The third kappa shape index (κ3) is 4.13. The number of para-hydroxylation sites is 1. The van der Waals surface area contributed by atoms with Crippen molar-refractivity contribution in [1.29, 1.82) is 0 Å². The maximum Gasteiger partial charge on any atom is 0.227 e. The molecule has 2 aromatic heterocycles.